The number of halogens is 1. The Morgan fingerprint density at radius 1 is 1.38 bits per heavy atom. The maximum atomic E-state index is 13.7. The molecule has 1 aliphatic rings. The number of aliphatic hydroxyl groups excluding tert-OH is 1. The fourth-order valence-corrected chi connectivity index (χ4v) is 4.19. The SMILES string of the molecule is COc1ccc(C(O)C2CCCC(S(C)(=O)=O)C2)cc1F. The molecule has 0 heterocycles. The van der Waals surface area contributed by atoms with Crippen LogP contribution in [0.1, 0.15) is 37.4 Å². The first kappa shape index (κ1) is 16.2. The van der Waals surface area contributed by atoms with Crippen molar-refractivity contribution < 1.29 is 22.7 Å². The van der Waals surface area contributed by atoms with Gasteiger partial charge in [0.05, 0.1) is 18.5 Å². The summed E-state index contributed by atoms with van der Waals surface area (Å²) in [5, 5.41) is 10.0. The largest absolute Gasteiger partial charge is 0.494 e. The van der Waals surface area contributed by atoms with Crippen molar-refractivity contribution in [1.29, 1.82) is 0 Å². The number of sulfone groups is 1. The molecule has 0 aromatic heterocycles. The Morgan fingerprint density at radius 3 is 2.67 bits per heavy atom. The Morgan fingerprint density at radius 2 is 2.10 bits per heavy atom. The van der Waals surface area contributed by atoms with Crippen molar-refractivity contribution in [1.82, 2.24) is 0 Å². The smallest absolute Gasteiger partial charge is 0.165 e. The average Bonchev–Trinajstić information content (AvgIpc) is 2.45. The molecule has 2 rings (SSSR count). The van der Waals surface area contributed by atoms with E-state index >= 15 is 0 Å². The molecule has 1 aromatic rings. The van der Waals surface area contributed by atoms with Crippen LogP contribution in [0, 0.1) is 11.7 Å². The number of hydrogen-bond acceptors (Lipinski definition) is 4. The molecule has 1 saturated carbocycles. The predicted octanol–water partition coefficient (Wildman–Crippen LogP) is 2.47. The molecule has 1 fully saturated rings. The van der Waals surface area contributed by atoms with Gasteiger partial charge in [-0.05, 0) is 42.9 Å². The van der Waals surface area contributed by atoms with E-state index in [9.17, 15) is 17.9 Å². The second kappa shape index (κ2) is 6.32. The zero-order chi connectivity index (χ0) is 15.6. The summed E-state index contributed by atoms with van der Waals surface area (Å²) in [5.41, 5.74) is 0.465. The minimum atomic E-state index is -3.10. The molecule has 3 unspecified atom stereocenters. The fraction of sp³-hybridized carbons (Fsp3) is 0.600. The molecule has 0 aliphatic heterocycles. The van der Waals surface area contributed by atoms with E-state index in [1.807, 2.05) is 0 Å². The van der Waals surface area contributed by atoms with Crippen molar-refractivity contribution >= 4 is 9.84 Å². The van der Waals surface area contributed by atoms with Crippen LogP contribution in [-0.4, -0.2) is 32.1 Å². The quantitative estimate of drug-likeness (QED) is 0.927. The van der Waals surface area contributed by atoms with E-state index < -0.39 is 27.0 Å². The van der Waals surface area contributed by atoms with E-state index in [0.29, 0.717) is 18.4 Å². The number of ether oxygens (including phenoxy) is 1. The predicted molar refractivity (Wildman–Crippen MR) is 78.5 cm³/mol. The van der Waals surface area contributed by atoms with Gasteiger partial charge in [0.15, 0.2) is 11.6 Å². The van der Waals surface area contributed by atoms with Gasteiger partial charge < -0.3 is 9.84 Å². The summed E-state index contributed by atoms with van der Waals surface area (Å²) in [4.78, 5) is 0. The fourth-order valence-electron chi connectivity index (χ4n) is 3.00. The molecule has 4 nitrogen and oxygen atoms in total. The summed E-state index contributed by atoms with van der Waals surface area (Å²) in [5.74, 6) is -0.556. The lowest BCUT2D eigenvalue weighted by atomic mass is 9.82. The van der Waals surface area contributed by atoms with E-state index in [1.54, 1.807) is 6.07 Å². The molecular formula is C15H21FO4S. The van der Waals surface area contributed by atoms with Crippen LogP contribution in [-0.2, 0) is 9.84 Å². The Kier molecular flexibility index (Phi) is 4.88. The van der Waals surface area contributed by atoms with Crippen molar-refractivity contribution in [2.45, 2.75) is 37.0 Å². The topological polar surface area (TPSA) is 63.6 Å². The van der Waals surface area contributed by atoms with Crippen LogP contribution in [0.3, 0.4) is 0 Å². The number of aliphatic hydroxyl groups is 1. The molecule has 0 saturated heterocycles. The third kappa shape index (κ3) is 3.74. The van der Waals surface area contributed by atoms with Gasteiger partial charge in [0, 0.05) is 6.26 Å². The molecule has 21 heavy (non-hydrogen) atoms. The van der Waals surface area contributed by atoms with Crippen LogP contribution < -0.4 is 4.74 Å². The molecule has 0 spiro atoms. The van der Waals surface area contributed by atoms with Crippen molar-refractivity contribution in [3.8, 4) is 5.75 Å². The number of rotatable bonds is 4. The number of benzene rings is 1. The van der Waals surface area contributed by atoms with E-state index in [1.165, 1.54) is 25.5 Å². The van der Waals surface area contributed by atoms with Crippen LogP contribution >= 0.6 is 0 Å². The van der Waals surface area contributed by atoms with Gasteiger partial charge in [-0.15, -0.1) is 0 Å². The summed E-state index contributed by atoms with van der Waals surface area (Å²) in [6.45, 7) is 0. The minimum Gasteiger partial charge on any atom is -0.494 e. The molecule has 3 atom stereocenters. The van der Waals surface area contributed by atoms with Gasteiger partial charge >= 0.3 is 0 Å². The molecule has 118 valence electrons. The highest BCUT2D eigenvalue weighted by atomic mass is 32.2. The first-order valence-electron chi connectivity index (χ1n) is 7.03. The third-order valence-corrected chi connectivity index (χ3v) is 5.88. The molecule has 0 amide bonds. The molecule has 1 aromatic carbocycles. The second-order valence-electron chi connectivity index (χ2n) is 5.72. The standard InChI is InChI=1S/C15H21FO4S/c1-20-14-7-6-11(9-13(14)16)15(17)10-4-3-5-12(8-10)21(2,18)19/h6-7,9-10,12,15,17H,3-5,8H2,1-2H3. The zero-order valence-electron chi connectivity index (χ0n) is 12.3. The average molecular weight is 316 g/mol. The Bertz CT molecular complexity index is 600. The lowest BCUT2D eigenvalue weighted by Crippen LogP contribution is -2.30. The normalized spacial score (nSPS) is 24.6. The Balaban J connectivity index is 2.16. The summed E-state index contributed by atoms with van der Waals surface area (Å²) in [6, 6.07) is 4.36. The van der Waals surface area contributed by atoms with Crippen LogP contribution in [0.2, 0.25) is 0 Å². The first-order chi connectivity index (χ1) is 9.82. The summed E-state index contributed by atoms with van der Waals surface area (Å²) in [7, 11) is -1.72. The highest BCUT2D eigenvalue weighted by Gasteiger charge is 2.33. The molecule has 1 aliphatic carbocycles. The summed E-state index contributed by atoms with van der Waals surface area (Å²) < 4.78 is 41.9. The van der Waals surface area contributed by atoms with Crippen LogP contribution in [0.25, 0.3) is 0 Å². The Hall–Kier alpha value is -1.14. The lowest BCUT2D eigenvalue weighted by Gasteiger charge is -2.31. The van der Waals surface area contributed by atoms with Gasteiger partial charge in [-0.2, -0.15) is 0 Å². The van der Waals surface area contributed by atoms with Crippen LogP contribution in [0.5, 0.6) is 5.75 Å². The number of hydrogen-bond donors (Lipinski definition) is 1. The minimum absolute atomic E-state index is 0.128. The van der Waals surface area contributed by atoms with Gasteiger partial charge in [0.2, 0.25) is 0 Å². The van der Waals surface area contributed by atoms with Gasteiger partial charge in [-0.3, -0.25) is 0 Å². The third-order valence-electron chi connectivity index (χ3n) is 4.24. The molecule has 1 N–H and O–H groups in total. The molecule has 6 heteroatoms. The second-order valence-corrected chi connectivity index (χ2v) is 8.04. The van der Waals surface area contributed by atoms with Crippen molar-refractivity contribution in [3.63, 3.8) is 0 Å². The van der Waals surface area contributed by atoms with Crippen LogP contribution in [0.15, 0.2) is 18.2 Å². The van der Waals surface area contributed by atoms with Gasteiger partial charge in [0.25, 0.3) is 0 Å². The highest BCUT2D eigenvalue weighted by Crippen LogP contribution is 2.37. The van der Waals surface area contributed by atoms with Crippen molar-refractivity contribution in [2.24, 2.45) is 5.92 Å². The van der Waals surface area contributed by atoms with E-state index in [4.69, 9.17) is 4.74 Å². The number of methoxy groups -OCH3 is 1. The molecule has 0 bridgehead atoms. The monoisotopic (exact) mass is 316 g/mol. The van der Waals surface area contributed by atoms with Crippen molar-refractivity contribution in [3.05, 3.63) is 29.6 Å². The van der Waals surface area contributed by atoms with E-state index in [2.05, 4.69) is 0 Å². The first-order valence-corrected chi connectivity index (χ1v) is 8.98. The Labute approximate surface area is 124 Å². The van der Waals surface area contributed by atoms with E-state index in [0.717, 1.165) is 12.8 Å². The van der Waals surface area contributed by atoms with Crippen LogP contribution in [0.4, 0.5) is 4.39 Å². The molecule has 0 radical (unpaired) electrons. The summed E-state index contributed by atoms with van der Waals surface area (Å²) >= 11 is 0. The molecular weight excluding hydrogens is 295 g/mol. The van der Waals surface area contributed by atoms with Gasteiger partial charge in [-0.1, -0.05) is 12.5 Å². The highest BCUT2D eigenvalue weighted by molar-refractivity contribution is 7.91. The van der Waals surface area contributed by atoms with Gasteiger partial charge in [-0.25, -0.2) is 12.8 Å². The van der Waals surface area contributed by atoms with E-state index in [-0.39, 0.29) is 11.7 Å². The van der Waals surface area contributed by atoms with Gasteiger partial charge in [0.1, 0.15) is 9.84 Å². The maximum absolute atomic E-state index is 13.7. The van der Waals surface area contributed by atoms with Crippen molar-refractivity contribution in [2.75, 3.05) is 13.4 Å². The summed E-state index contributed by atoms with van der Waals surface area (Å²) in [6.07, 6.45) is 2.96. The maximum Gasteiger partial charge on any atom is 0.165 e. The zero-order valence-corrected chi connectivity index (χ0v) is 13.1. The lowest BCUT2D eigenvalue weighted by molar-refractivity contribution is 0.0853.